The summed E-state index contributed by atoms with van der Waals surface area (Å²) in [6, 6.07) is 0. The lowest BCUT2D eigenvalue weighted by Crippen LogP contribution is -2.44. The van der Waals surface area contributed by atoms with E-state index in [1.807, 2.05) is 13.8 Å². The van der Waals surface area contributed by atoms with Crippen molar-refractivity contribution in [2.45, 2.75) is 38.4 Å². The molecule has 0 radical (unpaired) electrons. The minimum absolute atomic E-state index is 0.0101. The van der Waals surface area contributed by atoms with Crippen LogP contribution in [0.3, 0.4) is 0 Å². The van der Waals surface area contributed by atoms with Crippen LogP contribution in [0.2, 0.25) is 0 Å². The van der Waals surface area contributed by atoms with Crippen LogP contribution in [0.1, 0.15) is 50.1 Å². The number of nitrogens with one attached hydrogen (secondary N) is 2. The molecule has 0 fully saturated rings. The van der Waals surface area contributed by atoms with Crippen molar-refractivity contribution < 1.29 is 13.2 Å². The summed E-state index contributed by atoms with van der Waals surface area (Å²) in [5.74, 6) is 0.293. The largest absolute Gasteiger partial charge is 0.348 e. The number of carbonyl (C=O) groups is 1. The van der Waals surface area contributed by atoms with Gasteiger partial charge in [0.2, 0.25) is 5.82 Å². The highest BCUT2D eigenvalue weighted by atomic mass is 32.2. The second-order valence-electron chi connectivity index (χ2n) is 5.41. The molecule has 1 amide bonds. The molecule has 19 heavy (non-hydrogen) atoms. The Morgan fingerprint density at radius 2 is 2.00 bits per heavy atom. The van der Waals surface area contributed by atoms with Crippen LogP contribution in [0.15, 0.2) is 0 Å². The summed E-state index contributed by atoms with van der Waals surface area (Å²) in [6.45, 7) is 6.97. The van der Waals surface area contributed by atoms with E-state index in [1.54, 1.807) is 13.8 Å². The van der Waals surface area contributed by atoms with Gasteiger partial charge in [-0.25, -0.2) is 13.4 Å². The van der Waals surface area contributed by atoms with Gasteiger partial charge in [0.15, 0.2) is 9.84 Å². The Bertz CT molecular complexity index is 560. The van der Waals surface area contributed by atoms with E-state index in [1.165, 1.54) is 0 Å². The maximum atomic E-state index is 11.8. The third-order valence-electron chi connectivity index (χ3n) is 2.93. The summed E-state index contributed by atoms with van der Waals surface area (Å²) >= 11 is 0. The number of hydrogen-bond acceptors (Lipinski definition) is 5. The highest BCUT2D eigenvalue weighted by molar-refractivity contribution is 7.92. The predicted molar refractivity (Wildman–Crippen MR) is 71.7 cm³/mol. The molecule has 8 heteroatoms. The van der Waals surface area contributed by atoms with E-state index in [0.29, 0.717) is 5.82 Å². The van der Waals surface area contributed by atoms with E-state index in [0.717, 1.165) is 6.26 Å². The number of nitrogens with zero attached hydrogens (tertiary/aromatic N) is 2. The number of carbonyl (C=O) groups excluding carboxylic acids is 1. The minimum Gasteiger partial charge on any atom is -0.348 e. The van der Waals surface area contributed by atoms with Crippen molar-refractivity contribution >= 4 is 15.7 Å². The highest BCUT2D eigenvalue weighted by Crippen LogP contribution is 2.13. The molecule has 0 aliphatic rings. The maximum absolute atomic E-state index is 11.8. The van der Waals surface area contributed by atoms with Gasteiger partial charge in [0.25, 0.3) is 5.91 Å². The van der Waals surface area contributed by atoms with E-state index in [9.17, 15) is 13.2 Å². The molecule has 2 N–H and O–H groups in total. The molecule has 0 aliphatic carbocycles. The zero-order valence-corrected chi connectivity index (χ0v) is 12.6. The third-order valence-corrected chi connectivity index (χ3v) is 5.08. The number of rotatable bonds is 5. The molecule has 0 saturated carbocycles. The fourth-order valence-corrected chi connectivity index (χ4v) is 1.47. The molecule has 0 bridgehead atoms. The first kappa shape index (κ1) is 15.6. The average molecular weight is 288 g/mol. The molecule has 0 atom stereocenters. The van der Waals surface area contributed by atoms with E-state index in [-0.39, 0.29) is 18.3 Å². The first-order valence-corrected chi connectivity index (χ1v) is 7.84. The Morgan fingerprint density at radius 3 is 2.42 bits per heavy atom. The van der Waals surface area contributed by atoms with Crippen molar-refractivity contribution in [2.24, 2.45) is 0 Å². The van der Waals surface area contributed by atoms with Gasteiger partial charge in [0.05, 0.1) is 4.75 Å². The molecule has 108 valence electrons. The normalized spacial score (nSPS) is 12.7. The molecular weight excluding hydrogens is 268 g/mol. The van der Waals surface area contributed by atoms with Gasteiger partial charge in [-0.1, -0.05) is 13.8 Å². The first-order chi connectivity index (χ1) is 8.54. The summed E-state index contributed by atoms with van der Waals surface area (Å²) in [7, 11) is -3.25. The average Bonchev–Trinajstić information content (AvgIpc) is 2.73. The standard InChI is InChI=1S/C11H20N4O3S/c1-7(2)8-13-9(15-14-8)10(16)12-6-11(3,4)19(5,17)18/h7H,6H2,1-5H3,(H,12,16)(H,13,14,15). The fraction of sp³-hybridized carbons (Fsp3) is 0.727. The van der Waals surface area contributed by atoms with Crippen molar-refractivity contribution in [1.29, 1.82) is 0 Å². The Morgan fingerprint density at radius 1 is 1.42 bits per heavy atom. The zero-order chi connectivity index (χ0) is 14.8. The number of aromatic amines is 1. The van der Waals surface area contributed by atoms with Gasteiger partial charge in [0, 0.05) is 18.7 Å². The van der Waals surface area contributed by atoms with Crippen molar-refractivity contribution in [3.63, 3.8) is 0 Å². The smallest absolute Gasteiger partial charge is 0.291 e. The number of aromatic nitrogens is 3. The summed E-state index contributed by atoms with van der Waals surface area (Å²) in [4.78, 5) is 15.8. The molecule has 1 heterocycles. The lowest BCUT2D eigenvalue weighted by molar-refractivity contribution is 0.0940. The number of hydrogen-bond donors (Lipinski definition) is 2. The molecule has 0 spiro atoms. The van der Waals surface area contributed by atoms with Crippen LogP contribution in [-0.2, 0) is 9.84 Å². The predicted octanol–water partition coefficient (Wildman–Crippen LogP) is 0.481. The molecule has 1 rings (SSSR count). The van der Waals surface area contributed by atoms with E-state index < -0.39 is 20.5 Å². The van der Waals surface area contributed by atoms with Gasteiger partial charge in [-0.3, -0.25) is 9.89 Å². The molecule has 0 aromatic carbocycles. The van der Waals surface area contributed by atoms with Crippen molar-refractivity contribution in [2.75, 3.05) is 12.8 Å². The van der Waals surface area contributed by atoms with Gasteiger partial charge in [-0.15, -0.1) is 5.10 Å². The van der Waals surface area contributed by atoms with Crippen molar-refractivity contribution in [3.8, 4) is 0 Å². The van der Waals surface area contributed by atoms with Gasteiger partial charge in [0.1, 0.15) is 5.82 Å². The lowest BCUT2D eigenvalue weighted by atomic mass is 10.2. The highest BCUT2D eigenvalue weighted by Gasteiger charge is 2.31. The third kappa shape index (κ3) is 3.76. The summed E-state index contributed by atoms with van der Waals surface area (Å²) in [5, 5.41) is 9.01. The van der Waals surface area contributed by atoms with E-state index >= 15 is 0 Å². The monoisotopic (exact) mass is 288 g/mol. The SMILES string of the molecule is CC(C)c1nc(C(=O)NCC(C)(C)S(C)(=O)=O)n[nH]1. The number of amides is 1. The van der Waals surface area contributed by atoms with E-state index in [2.05, 4.69) is 20.5 Å². The molecule has 1 aromatic rings. The van der Waals surface area contributed by atoms with Gasteiger partial charge >= 0.3 is 0 Å². The first-order valence-electron chi connectivity index (χ1n) is 5.94. The van der Waals surface area contributed by atoms with Crippen LogP contribution >= 0.6 is 0 Å². The fourth-order valence-electron chi connectivity index (χ4n) is 1.14. The Hall–Kier alpha value is -1.44. The van der Waals surface area contributed by atoms with Gasteiger partial charge < -0.3 is 5.32 Å². The molecule has 0 saturated heterocycles. The van der Waals surface area contributed by atoms with Gasteiger partial charge in [-0.05, 0) is 13.8 Å². The molecule has 7 nitrogen and oxygen atoms in total. The zero-order valence-electron chi connectivity index (χ0n) is 11.8. The second-order valence-corrected chi connectivity index (χ2v) is 8.06. The summed E-state index contributed by atoms with van der Waals surface area (Å²) < 4.78 is 22.0. The van der Waals surface area contributed by atoms with Crippen LogP contribution in [0, 0.1) is 0 Å². The molecule has 1 aromatic heterocycles. The van der Waals surface area contributed by atoms with E-state index in [4.69, 9.17) is 0 Å². The minimum atomic E-state index is -3.25. The molecule has 0 unspecified atom stereocenters. The quantitative estimate of drug-likeness (QED) is 0.820. The second kappa shape index (κ2) is 5.28. The van der Waals surface area contributed by atoms with Gasteiger partial charge in [-0.2, -0.15) is 0 Å². The Labute approximate surface area is 113 Å². The topological polar surface area (TPSA) is 105 Å². The lowest BCUT2D eigenvalue weighted by Gasteiger charge is -2.22. The van der Waals surface area contributed by atoms with Crippen LogP contribution in [0.5, 0.6) is 0 Å². The van der Waals surface area contributed by atoms with Crippen molar-refractivity contribution in [1.82, 2.24) is 20.5 Å². The Balaban J connectivity index is 2.71. The van der Waals surface area contributed by atoms with Crippen LogP contribution in [0.4, 0.5) is 0 Å². The molecule has 0 aliphatic heterocycles. The maximum Gasteiger partial charge on any atom is 0.291 e. The Kier molecular flexibility index (Phi) is 4.34. The van der Waals surface area contributed by atoms with Crippen LogP contribution in [-0.4, -0.2) is 47.1 Å². The number of sulfone groups is 1. The number of H-pyrrole nitrogens is 1. The summed E-state index contributed by atoms with van der Waals surface area (Å²) in [6.07, 6.45) is 1.14. The van der Waals surface area contributed by atoms with Crippen LogP contribution < -0.4 is 5.32 Å². The summed E-state index contributed by atoms with van der Waals surface area (Å²) in [5.41, 5.74) is 0. The van der Waals surface area contributed by atoms with Crippen LogP contribution in [0.25, 0.3) is 0 Å². The molecular formula is C11H20N4O3S. The van der Waals surface area contributed by atoms with Crippen molar-refractivity contribution in [3.05, 3.63) is 11.6 Å².